The maximum absolute atomic E-state index is 2.56. The van der Waals surface area contributed by atoms with Crippen LogP contribution in [0.5, 0.6) is 0 Å². The molecule has 2 aromatic rings. The van der Waals surface area contributed by atoms with E-state index >= 15 is 0 Å². The van der Waals surface area contributed by atoms with E-state index in [2.05, 4.69) is 148 Å². The molecule has 0 bridgehead atoms. The molecule has 0 aromatic heterocycles. The van der Waals surface area contributed by atoms with E-state index in [1.807, 2.05) is 0 Å². The summed E-state index contributed by atoms with van der Waals surface area (Å²) in [5, 5.41) is 0. The first-order valence-electron chi connectivity index (χ1n) is 13.6. The van der Waals surface area contributed by atoms with Gasteiger partial charge in [0, 0.05) is 5.41 Å². The van der Waals surface area contributed by atoms with Crippen LogP contribution in [0.3, 0.4) is 0 Å². The monoisotopic (exact) mass is 476 g/mol. The smallest absolute Gasteiger partial charge is 0.0155 e. The van der Waals surface area contributed by atoms with Gasteiger partial charge in [-0.1, -0.05) is 148 Å². The predicted molar refractivity (Wildman–Crippen MR) is 159 cm³/mol. The lowest BCUT2D eigenvalue weighted by Gasteiger charge is -2.43. The summed E-state index contributed by atoms with van der Waals surface area (Å²) in [5.74, 6) is 0. The van der Waals surface area contributed by atoms with E-state index in [4.69, 9.17) is 0 Å². The van der Waals surface area contributed by atoms with Crippen LogP contribution in [-0.2, 0) is 32.5 Å². The van der Waals surface area contributed by atoms with Gasteiger partial charge >= 0.3 is 0 Å². The highest BCUT2D eigenvalue weighted by Crippen LogP contribution is 2.49. The van der Waals surface area contributed by atoms with Crippen LogP contribution in [0.2, 0.25) is 0 Å². The Bertz CT molecular complexity index is 1020. The Morgan fingerprint density at radius 1 is 0.371 bits per heavy atom. The van der Waals surface area contributed by atoms with Gasteiger partial charge in [-0.2, -0.15) is 0 Å². The lowest BCUT2D eigenvalue weighted by Crippen LogP contribution is -2.35. The minimum Gasteiger partial charge on any atom is -0.0617 e. The van der Waals surface area contributed by atoms with Crippen LogP contribution in [0, 0.1) is 0 Å². The summed E-state index contributed by atoms with van der Waals surface area (Å²) in [6.45, 7) is 40.6. The molecule has 0 radical (unpaired) electrons. The molecule has 0 amide bonds. The zero-order chi connectivity index (χ0) is 27.6. The van der Waals surface area contributed by atoms with Crippen LogP contribution in [0.4, 0.5) is 0 Å². The van der Waals surface area contributed by atoms with Crippen molar-refractivity contribution in [2.45, 2.75) is 150 Å². The van der Waals surface area contributed by atoms with Gasteiger partial charge in [-0.3, -0.25) is 0 Å². The second kappa shape index (κ2) is 8.78. The second-order valence-corrected chi connectivity index (χ2v) is 16.5. The second-order valence-electron chi connectivity index (χ2n) is 16.5. The third kappa shape index (κ3) is 6.06. The SMILES string of the molecule is CC(C)(C)c1cc(C(C)(C)C)c(C(C)(C)C)c(C(C)(C)c2c(C(C)(C)C)cccc2C(C)(C)C)c1. The first kappa shape index (κ1) is 29.7. The molecule has 2 rings (SSSR count). The Kier molecular flexibility index (Phi) is 7.44. The quantitative estimate of drug-likeness (QED) is 0.404. The molecule has 0 unspecified atom stereocenters. The highest BCUT2D eigenvalue weighted by atomic mass is 14.4. The molecule has 196 valence electrons. The first-order valence-corrected chi connectivity index (χ1v) is 13.6. The molecular formula is C35H56. The fourth-order valence-corrected chi connectivity index (χ4v) is 5.58. The van der Waals surface area contributed by atoms with Crippen LogP contribution in [0.15, 0.2) is 30.3 Å². The number of hydrogen-bond donors (Lipinski definition) is 0. The van der Waals surface area contributed by atoms with Gasteiger partial charge in [-0.15, -0.1) is 0 Å². The highest BCUT2D eigenvalue weighted by molar-refractivity contribution is 5.58. The van der Waals surface area contributed by atoms with E-state index < -0.39 is 0 Å². The zero-order valence-corrected chi connectivity index (χ0v) is 26.4. The van der Waals surface area contributed by atoms with Gasteiger partial charge in [0.1, 0.15) is 0 Å². The Labute approximate surface area is 219 Å². The summed E-state index contributed by atoms with van der Waals surface area (Å²) in [6, 6.07) is 12.1. The van der Waals surface area contributed by atoms with Crippen LogP contribution < -0.4 is 0 Å². The highest BCUT2D eigenvalue weighted by Gasteiger charge is 2.40. The third-order valence-corrected chi connectivity index (χ3v) is 7.54. The van der Waals surface area contributed by atoms with Crippen molar-refractivity contribution in [1.29, 1.82) is 0 Å². The summed E-state index contributed by atoms with van der Waals surface area (Å²) in [6.07, 6.45) is 0. The van der Waals surface area contributed by atoms with E-state index in [0.717, 1.165) is 0 Å². The molecule has 0 saturated heterocycles. The van der Waals surface area contributed by atoms with Gasteiger partial charge in [0.2, 0.25) is 0 Å². The molecule has 0 spiro atoms. The molecule has 0 aliphatic rings. The summed E-state index contributed by atoms with van der Waals surface area (Å²) < 4.78 is 0. The first-order chi connectivity index (χ1) is 15.3. The van der Waals surface area contributed by atoms with E-state index in [1.54, 1.807) is 0 Å². The lowest BCUT2D eigenvalue weighted by molar-refractivity contribution is 0.483. The van der Waals surface area contributed by atoms with Gasteiger partial charge in [0.25, 0.3) is 0 Å². The van der Waals surface area contributed by atoms with Gasteiger partial charge in [-0.25, -0.2) is 0 Å². The van der Waals surface area contributed by atoms with Crippen molar-refractivity contribution < 1.29 is 0 Å². The van der Waals surface area contributed by atoms with Gasteiger partial charge < -0.3 is 0 Å². The number of benzene rings is 2. The van der Waals surface area contributed by atoms with Gasteiger partial charge in [-0.05, 0) is 66.0 Å². The van der Waals surface area contributed by atoms with Crippen LogP contribution in [-0.4, -0.2) is 0 Å². The molecule has 0 saturated carbocycles. The van der Waals surface area contributed by atoms with Crippen LogP contribution >= 0.6 is 0 Å². The van der Waals surface area contributed by atoms with Crippen molar-refractivity contribution in [2.24, 2.45) is 0 Å². The molecular weight excluding hydrogens is 420 g/mol. The normalized spacial score (nSPS) is 14.4. The van der Waals surface area contributed by atoms with E-state index in [-0.39, 0.29) is 32.5 Å². The molecule has 0 aliphatic heterocycles. The van der Waals surface area contributed by atoms with Gasteiger partial charge in [0.05, 0.1) is 0 Å². The predicted octanol–water partition coefficient (Wildman–Crippen LogP) is 10.5. The Balaban J connectivity index is 3.23. The van der Waals surface area contributed by atoms with Crippen molar-refractivity contribution in [2.75, 3.05) is 0 Å². The lowest BCUT2D eigenvalue weighted by atomic mass is 9.61. The molecule has 2 aromatic carbocycles. The molecule has 0 heteroatoms. The Hall–Kier alpha value is -1.56. The van der Waals surface area contributed by atoms with Crippen molar-refractivity contribution in [3.8, 4) is 0 Å². The van der Waals surface area contributed by atoms with E-state index in [9.17, 15) is 0 Å². The van der Waals surface area contributed by atoms with Crippen molar-refractivity contribution in [3.63, 3.8) is 0 Å². The zero-order valence-electron chi connectivity index (χ0n) is 26.4. The van der Waals surface area contributed by atoms with Gasteiger partial charge in [0.15, 0.2) is 0 Å². The molecule has 0 atom stereocenters. The fourth-order valence-electron chi connectivity index (χ4n) is 5.58. The summed E-state index contributed by atoms with van der Waals surface area (Å²) in [7, 11) is 0. The standard InChI is InChI=1S/C35H56/c1-30(2,3)23-21-26(33(10,11)12)28(34(13,14)15)27(22-23)35(16,17)29-24(31(4,5)6)19-18-20-25(29)32(7,8)9/h18-22H,1-17H3. The molecule has 0 aliphatic carbocycles. The Morgan fingerprint density at radius 3 is 1.06 bits per heavy atom. The molecule has 0 fully saturated rings. The number of hydrogen-bond acceptors (Lipinski definition) is 0. The van der Waals surface area contributed by atoms with Crippen molar-refractivity contribution in [3.05, 3.63) is 69.3 Å². The van der Waals surface area contributed by atoms with Crippen LogP contribution in [0.25, 0.3) is 0 Å². The maximum Gasteiger partial charge on any atom is 0.0155 e. The molecule has 0 nitrogen and oxygen atoms in total. The van der Waals surface area contributed by atoms with E-state index in [1.165, 1.54) is 38.9 Å². The molecule has 35 heavy (non-hydrogen) atoms. The average Bonchev–Trinajstić information content (AvgIpc) is 2.62. The average molecular weight is 477 g/mol. The summed E-state index contributed by atoms with van der Waals surface area (Å²) in [4.78, 5) is 0. The molecule has 0 heterocycles. The minimum atomic E-state index is -0.156. The molecule has 0 N–H and O–H groups in total. The summed E-state index contributed by atoms with van der Waals surface area (Å²) >= 11 is 0. The maximum atomic E-state index is 2.56. The Morgan fingerprint density at radius 2 is 0.743 bits per heavy atom. The van der Waals surface area contributed by atoms with Crippen molar-refractivity contribution in [1.82, 2.24) is 0 Å². The van der Waals surface area contributed by atoms with E-state index in [0.29, 0.717) is 0 Å². The number of rotatable bonds is 2. The fraction of sp³-hybridized carbons (Fsp3) is 0.657. The van der Waals surface area contributed by atoms with Crippen LogP contribution in [0.1, 0.15) is 157 Å². The third-order valence-electron chi connectivity index (χ3n) is 7.54. The summed E-state index contributed by atoms with van der Waals surface area (Å²) in [5.41, 5.74) is 10.5. The topological polar surface area (TPSA) is 0 Å². The van der Waals surface area contributed by atoms with Crippen molar-refractivity contribution >= 4 is 0 Å². The largest absolute Gasteiger partial charge is 0.0617 e. The minimum absolute atomic E-state index is 0.0319.